The minimum Gasteiger partial charge on any atom is -0.351 e. The highest BCUT2D eigenvalue weighted by atomic mass is 16.7. The van der Waals surface area contributed by atoms with E-state index in [0.29, 0.717) is 0 Å². The molecule has 0 aliphatic heterocycles. The maximum absolute atomic E-state index is 10.7. The summed E-state index contributed by atoms with van der Waals surface area (Å²) >= 11 is 0. The molecule has 0 saturated heterocycles. The monoisotopic (exact) mass is 176 g/mol. The maximum Gasteiger partial charge on any atom is 0.358 e. The molecular weight excluding hydrogens is 168 g/mol. The van der Waals surface area contributed by atoms with Crippen LogP contribution in [0.25, 0.3) is 0 Å². The van der Waals surface area contributed by atoms with Gasteiger partial charge in [0.15, 0.2) is 0 Å². The van der Waals surface area contributed by atoms with E-state index < -0.39 is 18.1 Å². The molecule has 0 radical (unpaired) electrons. The number of urea groups is 3. The smallest absolute Gasteiger partial charge is 0.351 e. The van der Waals surface area contributed by atoms with Crippen LogP contribution in [-0.2, 0) is 4.84 Å². The Bertz CT molecular complexity index is 215. The molecule has 12 heavy (non-hydrogen) atoms. The van der Waals surface area contributed by atoms with Gasteiger partial charge in [0.1, 0.15) is 0 Å². The fraction of sp³-hybridized carbons (Fsp3) is 0.250. The standard InChI is InChI=1S/C4H8N4O4/c1-12-8(3(6)10)4(11)7-2(5)9/h1H3,(H2,6,10)(H3,5,7,9,11). The van der Waals surface area contributed by atoms with E-state index in [4.69, 9.17) is 0 Å². The van der Waals surface area contributed by atoms with Crippen molar-refractivity contribution >= 4 is 18.1 Å². The van der Waals surface area contributed by atoms with Gasteiger partial charge in [0.2, 0.25) is 0 Å². The van der Waals surface area contributed by atoms with Gasteiger partial charge in [-0.25, -0.2) is 14.4 Å². The number of amides is 6. The first kappa shape index (κ1) is 10.2. The Hall–Kier alpha value is -1.83. The lowest BCUT2D eigenvalue weighted by molar-refractivity contribution is -0.0427. The molecule has 0 heterocycles. The fourth-order valence-corrected chi connectivity index (χ4v) is 0.429. The van der Waals surface area contributed by atoms with Gasteiger partial charge < -0.3 is 11.5 Å². The largest absolute Gasteiger partial charge is 0.358 e. The predicted octanol–water partition coefficient (Wildman–Crippen LogP) is -1.28. The molecule has 0 aromatic carbocycles. The summed E-state index contributed by atoms with van der Waals surface area (Å²) in [6, 6.07) is -3.41. The van der Waals surface area contributed by atoms with Gasteiger partial charge in [0, 0.05) is 0 Å². The molecule has 5 N–H and O–H groups in total. The van der Waals surface area contributed by atoms with Crippen LogP contribution < -0.4 is 16.8 Å². The first-order valence-corrected chi connectivity index (χ1v) is 2.73. The second-order valence-electron chi connectivity index (χ2n) is 1.61. The van der Waals surface area contributed by atoms with Crippen molar-refractivity contribution in [2.24, 2.45) is 11.5 Å². The van der Waals surface area contributed by atoms with Gasteiger partial charge >= 0.3 is 18.1 Å². The minimum atomic E-state index is -1.16. The van der Waals surface area contributed by atoms with Crippen LogP contribution in [0.4, 0.5) is 14.4 Å². The number of nitrogens with two attached hydrogens (primary N) is 2. The molecule has 0 aromatic heterocycles. The number of carbonyl (C=O) groups is 3. The highest BCUT2D eigenvalue weighted by Gasteiger charge is 2.19. The Kier molecular flexibility index (Phi) is 3.50. The van der Waals surface area contributed by atoms with Crippen LogP contribution >= 0.6 is 0 Å². The third kappa shape index (κ3) is 2.84. The van der Waals surface area contributed by atoms with Crippen molar-refractivity contribution in [1.82, 2.24) is 10.4 Å². The summed E-state index contributed by atoms with van der Waals surface area (Å²) in [4.78, 5) is 35.4. The van der Waals surface area contributed by atoms with Crippen LogP contribution in [0.3, 0.4) is 0 Å². The summed E-state index contributed by atoms with van der Waals surface area (Å²) in [6.07, 6.45) is 0. The highest BCUT2D eigenvalue weighted by Crippen LogP contribution is 1.87. The van der Waals surface area contributed by atoms with E-state index >= 15 is 0 Å². The minimum absolute atomic E-state index is 0.144. The van der Waals surface area contributed by atoms with Crippen LogP contribution in [0.5, 0.6) is 0 Å². The Labute approximate surface area is 67.4 Å². The van der Waals surface area contributed by atoms with E-state index in [9.17, 15) is 14.4 Å². The molecule has 0 fully saturated rings. The van der Waals surface area contributed by atoms with Crippen molar-refractivity contribution in [3.8, 4) is 0 Å². The van der Waals surface area contributed by atoms with Crippen LogP contribution in [0, 0.1) is 0 Å². The second-order valence-corrected chi connectivity index (χ2v) is 1.61. The van der Waals surface area contributed by atoms with Crippen LogP contribution in [0.2, 0.25) is 0 Å². The zero-order chi connectivity index (χ0) is 9.72. The predicted molar refractivity (Wildman–Crippen MR) is 36.5 cm³/mol. The number of hydrogen-bond donors (Lipinski definition) is 3. The first-order chi connectivity index (χ1) is 5.49. The summed E-state index contributed by atoms with van der Waals surface area (Å²) in [5.41, 5.74) is 9.25. The Morgan fingerprint density at radius 1 is 1.33 bits per heavy atom. The summed E-state index contributed by atoms with van der Waals surface area (Å²) < 4.78 is 0. The zero-order valence-electron chi connectivity index (χ0n) is 6.23. The van der Waals surface area contributed by atoms with E-state index in [-0.39, 0.29) is 5.06 Å². The van der Waals surface area contributed by atoms with Gasteiger partial charge in [-0.1, -0.05) is 0 Å². The Balaban J connectivity index is 4.22. The molecule has 0 spiro atoms. The van der Waals surface area contributed by atoms with Crippen molar-refractivity contribution in [3.63, 3.8) is 0 Å². The average molecular weight is 176 g/mol. The van der Waals surface area contributed by atoms with Crippen LogP contribution in [0.15, 0.2) is 0 Å². The molecule has 6 amide bonds. The van der Waals surface area contributed by atoms with Gasteiger partial charge in [-0.2, -0.15) is 0 Å². The van der Waals surface area contributed by atoms with E-state index in [2.05, 4.69) is 16.3 Å². The summed E-state index contributed by atoms with van der Waals surface area (Å²) in [5.74, 6) is 0. The molecule has 0 atom stereocenters. The third-order valence-corrected chi connectivity index (χ3v) is 0.797. The summed E-state index contributed by atoms with van der Waals surface area (Å²) in [6.45, 7) is 0. The Morgan fingerprint density at radius 2 is 1.83 bits per heavy atom. The average Bonchev–Trinajstić information content (AvgIpc) is 1.85. The van der Waals surface area contributed by atoms with Crippen molar-refractivity contribution in [3.05, 3.63) is 0 Å². The highest BCUT2D eigenvalue weighted by molar-refractivity contribution is 5.99. The zero-order valence-corrected chi connectivity index (χ0v) is 6.23. The SMILES string of the molecule is CON(C(N)=O)C(=O)NC(N)=O. The third-order valence-electron chi connectivity index (χ3n) is 0.797. The van der Waals surface area contributed by atoms with Gasteiger partial charge in [-0.3, -0.25) is 10.2 Å². The molecule has 0 rings (SSSR count). The lowest BCUT2D eigenvalue weighted by Crippen LogP contribution is -2.49. The second kappa shape index (κ2) is 4.13. The van der Waals surface area contributed by atoms with Gasteiger partial charge in [-0.05, 0) is 0 Å². The molecule has 0 aliphatic rings. The van der Waals surface area contributed by atoms with Gasteiger partial charge in [0.05, 0.1) is 7.11 Å². The molecule has 8 heteroatoms. The van der Waals surface area contributed by atoms with Crippen molar-refractivity contribution in [2.75, 3.05) is 7.11 Å². The molecule has 0 saturated carbocycles. The normalized spacial score (nSPS) is 8.75. The molecule has 0 bridgehead atoms. The van der Waals surface area contributed by atoms with Crippen molar-refractivity contribution in [2.45, 2.75) is 0 Å². The number of imide groups is 2. The number of carbonyl (C=O) groups excluding carboxylic acids is 3. The molecule has 0 aliphatic carbocycles. The van der Waals surface area contributed by atoms with Crippen LogP contribution in [-0.4, -0.2) is 30.3 Å². The molecule has 0 aromatic rings. The maximum atomic E-state index is 10.7. The number of nitrogens with one attached hydrogen (secondary N) is 1. The number of primary amides is 2. The molecular formula is C4H8N4O4. The van der Waals surface area contributed by atoms with Crippen molar-refractivity contribution in [1.29, 1.82) is 0 Å². The van der Waals surface area contributed by atoms with E-state index in [1.54, 1.807) is 5.32 Å². The van der Waals surface area contributed by atoms with Crippen LogP contribution in [0.1, 0.15) is 0 Å². The summed E-state index contributed by atoms with van der Waals surface area (Å²) in [5, 5.41) is 1.72. The lowest BCUT2D eigenvalue weighted by Gasteiger charge is -2.13. The molecule has 0 unspecified atom stereocenters. The van der Waals surface area contributed by atoms with Gasteiger partial charge in [0.25, 0.3) is 0 Å². The number of rotatable bonds is 1. The lowest BCUT2D eigenvalue weighted by atomic mass is 10.8. The summed E-state index contributed by atoms with van der Waals surface area (Å²) in [7, 11) is 1.03. The topological polar surface area (TPSA) is 128 Å². The van der Waals surface area contributed by atoms with E-state index in [0.717, 1.165) is 7.11 Å². The van der Waals surface area contributed by atoms with Gasteiger partial charge in [-0.15, -0.1) is 5.06 Å². The number of hydrogen-bond acceptors (Lipinski definition) is 4. The number of nitrogens with zero attached hydrogens (tertiary/aromatic N) is 1. The number of hydroxylamine groups is 2. The van der Waals surface area contributed by atoms with E-state index in [1.165, 1.54) is 0 Å². The molecule has 8 nitrogen and oxygen atoms in total. The first-order valence-electron chi connectivity index (χ1n) is 2.73. The fourth-order valence-electron chi connectivity index (χ4n) is 0.429. The quantitative estimate of drug-likeness (QED) is 0.429. The Morgan fingerprint density at radius 3 is 2.08 bits per heavy atom. The molecule has 68 valence electrons. The van der Waals surface area contributed by atoms with Crippen molar-refractivity contribution < 1.29 is 19.2 Å². The van der Waals surface area contributed by atoms with E-state index in [1.807, 2.05) is 0 Å².